The van der Waals surface area contributed by atoms with Crippen molar-refractivity contribution in [1.29, 1.82) is 0 Å². The van der Waals surface area contributed by atoms with Crippen molar-refractivity contribution in [3.63, 3.8) is 0 Å². The number of ether oxygens (including phenoxy) is 4. The Morgan fingerprint density at radius 3 is 2.45 bits per heavy atom. The highest BCUT2D eigenvalue weighted by atomic mass is 16.6. The smallest absolute Gasteiger partial charge is 0.332 e. The fourth-order valence-electron chi connectivity index (χ4n) is 4.18. The molecule has 2 rings (SSSR count). The molecule has 0 bridgehead atoms. The number of nitrogens with zero attached hydrogens (tertiary/aromatic N) is 1. The molecule has 2 heterocycles. The zero-order chi connectivity index (χ0) is 29.8. The van der Waals surface area contributed by atoms with E-state index in [9.17, 15) is 24.0 Å². The van der Waals surface area contributed by atoms with Crippen LogP contribution in [0.4, 0.5) is 0 Å². The second-order valence-corrected chi connectivity index (χ2v) is 10.3. The fourth-order valence-corrected chi connectivity index (χ4v) is 4.18. The molecule has 40 heavy (non-hydrogen) atoms. The predicted molar refractivity (Wildman–Crippen MR) is 144 cm³/mol. The van der Waals surface area contributed by atoms with Crippen LogP contribution in [0.2, 0.25) is 0 Å². The number of hydrogen-bond acceptors (Lipinski definition) is 10. The molecule has 0 spiro atoms. The first-order chi connectivity index (χ1) is 19.0. The topological polar surface area (TPSA) is 147 Å². The standard InChI is InChI=1S/C29H42N2O9/c1-7-9-10-11-12-13-22(32)39-24-18(5)14-15-30-23(24)26(33)31-21-16-37-28(35)20(8-2)25(19(6)38-29(21)36)40-27(34)17(3)4/h14-15,17,19-21,25H,7-13,16H2,1-6H3,(H,31,33). The lowest BCUT2D eigenvalue weighted by molar-refractivity contribution is -0.176. The molecule has 222 valence electrons. The summed E-state index contributed by atoms with van der Waals surface area (Å²) in [7, 11) is 0. The highest BCUT2D eigenvalue weighted by molar-refractivity contribution is 5.98. The van der Waals surface area contributed by atoms with Crippen LogP contribution in [0.5, 0.6) is 5.75 Å². The summed E-state index contributed by atoms with van der Waals surface area (Å²) in [5.74, 6) is -4.74. The summed E-state index contributed by atoms with van der Waals surface area (Å²) in [5, 5.41) is 2.48. The first kappa shape index (κ1) is 32.7. The van der Waals surface area contributed by atoms with Crippen molar-refractivity contribution in [2.75, 3.05) is 6.61 Å². The molecule has 1 aromatic heterocycles. The van der Waals surface area contributed by atoms with Crippen LogP contribution >= 0.6 is 0 Å². The van der Waals surface area contributed by atoms with Gasteiger partial charge in [-0.1, -0.05) is 53.4 Å². The second-order valence-electron chi connectivity index (χ2n) is 10.3. The van der Waals surface area contributed by atoms with Gasteiger partial charge in [0.2, 0.25) is 0 Å². The van der Waals surface area contributed by atoms with Crippen molar-refractivity contribution < 1.29 is 42.9 Å². The molecule has 1 aliphatic rings. The number of aromatic nitrogens is 1. The molecule has 1 aliphatic heterocycles. The number of hydrogen-bond donors (Lipinski definition) is 1. The maximum atomic E-state index is 13.2. The number of carbonyl (C=O) groups excluding carboxylic acids is 5. The number of pyridine rings is 1. The highest BCUT2D eigenvalue weighted by Gasteiger charge is 2.41. The molecule has 1 saturated heterocycles. The first-order valence-electron chi connectivity index (χ1n) is 14.0. The Hall–Kier alpha value is -3.50. The number of esters is 4. The third-order valence-corrected chi connectivity index (χ3v) is 6.63. The van der Waals surface area contributed by atoms with E-state index in [-0.39, 0.29) is 24.3 Å². The minimum Gasteiger partial charge on any atom is -0.463 e. The van der Waals surface area contributed by atoms with Crippen LogP contribution in [0.3, 0.4) is 0 Å². The lowest BCUT2D eigenvalue weighted by atomic mass is 9.95. The summed E-state index contributed by atoms with van der Waals surface area (Å²) in [5.41, 5.74) is 0.318. The van der Waals surface area contributed by atoms with Gasteiger partial charge in [-0.25, -0.2) is 9.78 Å². The number of amides is 1. The Morgan fingerprint density at radius 1 is 1.10 bits per heavy atom. The quantitative estimate of drug-likeness (QED) is 0.226. The lowest BCUT2D eigenvalue weighted by Crippen LogP contribution is -2.47. The number of rotatable bonds is 12. The molecular formula is C29H42N2O9. The van der Waals surface area contributed by atoms with Gasteiger partial charge in [0.15, 0.2) is 23.6 Å². The van der Waals surface area contributed by atoms with Crippen LogP contribution in [-0.2, 0) is 33.4 Å². The van der Waals surface area contributed by atoms with Crippen LogP contribution in [-0.4, -0.2) is 59.6 Å². The van der Waals surface area contributed by atoms with E-state index in [0.717, 1.165) is 25.7 Å². The zero-order valence-electron chi connectivity index (χ0n) is 24.3. The molecule has 0 radical (unpaired) electrons. The van der Waals surface area contributed by atoms with Gasteiger partial charge >= 0.3 is 23.9 Å². The van der Waals surface area contributed by atoms with Crippen molar-refractivity contribution in [1.82, 2.24) is 10.3 Å². The van der Waals surface area contributed by atoms with E-state index < -0.39 is 66.5 Å². The van der Waals surface area contributed by atoms with E-state index in [4.69, 9.17) is 18.9 Å². The molecule has 1 aromatic rings. The van der Waals surface area contributed by atoms with Gasteiger partial charge in [-0.2, -0.15) is 0 Å². The maximum Gasteiger partial charge on any atom is 0.332 e. The van der Waals surface area contributed by atoms with Crippen LogP contribution < -0.4 is 10.1 Å². The molecule has 0 saturated carbocycles. The average molecular weight is 563 g/mol. The van der Waals surface area contributed by atoms with Gasteiger partial charge in [0, 0.05) is 12.6 Å². The van der Waals surface area contributed by atoms with Crippen molar-refractivity contribution in [3.05, 3.63) is 23.5 Å². The van der Waals surface area contributed by atoms with Gasteiger partial charge in [0.1, 0.15) is 12.7 Å². The minimum absolute atomic E-state index is 0.00735. The fraction of sp³-hybridized carbons (Fsp3) is 0.655. The average Bonchev–Trinajstić information content (AvgIpc) is 2.94. The monoisotopic (exact) mass is 562 g/mol. The largest absolute Gasteiger partial charge is 0.463 e. The molecule has 4 atom stereocenters. The second kappa shape index (κ2) is 15.9. The van der Waals surface area contributed by atoms with Crippen molar-refractivity contribution >= 4 is 29.8 Å². The molecule has 1 fully saturated rings. The zero-order valence-corrected chi connectivity index (χ0v) is 24.3. The predicted octanol–water partition coefficient (Wildman–Crippen LogP) is 3.84. The van der Waals surface area contributed by atoms with Crippen molar-refractivity contribution in [2.45, 2.75) is 105 Å². The summed E-state index contributed by atoms with van der Waals surface area (Å²) in [6.07, 6.45) is 4.60. The summed E-state index contributed by atoms with van der Waals surface area (Å²) in [6, 6.07) is 0.224. The van der Waals surface area contributed by atoms with E-state index in [1.165, 1.54) is 13.1 Å². The van der Waals surface area contributed by atoms with Gasteiger partial charge in [-0.15, -0.1) is 0 Å². The molecule has 1 N–H and O–H groups in total. The third-order valence-electron chi connectivity index (χ3n) is 6.63. The Kier molecular flexibility index (Phi) is 13.0. The molecule has 0 aromatic carbocycles. The van der Waals surface area contributed by atoms with Crippen LogP contribution in [0.25, 0.3) is 0 Å². The summed E-state index contributed by atoms with van der Waals surface area (Å²) in [4.78, 5) is 67.9. The molecule has 0 aliphatic carbocycles. The van der Waals surface area contributed by atoms with Gasteiger partial charge in [-0.3, -0.25) is 19.2 Å². The number of unbranched alkanes of at least 4 members (excludes halogenated alkanes) is 4. The first-order valence-corrected chi connectivity index (χ1v) is 14.0. The molecule has 4 unspecified atom stereocenters. The van der Waals surface area contributed by atoms with Crippen LogP contribution in [0.15, 0.2) is 12.3 Å². The molecule has 11 heteroatoms. The number of cyclic esters (lactones) is 2. The summed E-state index contributed by atoms with van der Waals surface area (Å²) in [6.45, 7) is 9.82. The van der Waals surface area contributed by atoms with Gasteiger partial charge in [-0.05, 0) is 38.3 Å². The summed E-state index contributed by atoms with van der Waals surface area (Å²) < 4.78 is 21.9. The van der Waals surface area contributed by atoms with Gasteiger partial charge in [0.25, 0.3) is 5.91 Å². The van der Waals surface area contributed by atoms with E-state index >= 15 is 0 Å². The van der Waals surface area contributed by atoms with E-state index in [0.29, 0.717) is 12.0 Å². The van der Waals surface area contributed by atoms with Crippen molar-refractivity contribution in [3.8, 4) is 5.75 Å². The number of aryl methyl sites for hydroxylation is 1. The van der Waals surface area contributed by atoms with Crippen molar-refractivity contribution in [2.24, 2.45) is 11.8 Å². The lowest BCUT2D eigenvalue weighted by Gasteiger charge is -2.29. The summed E-state index contributed by atoms with van der Waals surface area (Å²) >= 11 is 0. The Morgan fingerprint density at radius 2 is 1.80 bits per heavy atom. The number of carbonyl (C=O) groups is 5. The Bertz CT molecular complexity index is 1060. The normalized spacial score (nSPS) is 21.4. The van der Waals surface area contributed by atoms with Gasteiger partial charge in [0.05, 0.1) is 11.8 Å². The molecule has 1 amide bonds. The van der Waals surface area contributed by atoms with Crippen LogP contribution in [0.1, 0.15) is 95.6 Å². The van der Waals surface area contributed by atoms with E-state index in [2.05, 4.69) is 17.2 Å². The maximum absolute atomic E-state index is 13.2. The van der Waals surface area contributed by atoms with E-state index in [1.54, 1.807) is 33.8 Å². The van der Waals surface area contributed by atoms with Crippen LogP contribution in [0, 0.1) is 18.8 Å². The minimum atomic E-state index is -1.37. The third kappa shape index (κ3) is 9.31. The van der Waals surface area contributed by atoms with E-state index in [1.807, 2.05) is 0 Å². The Labute approximate surface area is 235 Å². The highest BCUT2D eigenvalue weighted by Crippen LogP contribution is 2.25. The molecule has 11 nitrogen and oxygen atoms in total. The number of nitrogens with one attached hydrogen (secondary N) is 1. The SMILES string of the molecule is CCCCCCCC(=O)Oc1c(C)ccnc1C(=O)NC1COC(=O)C(CC)C(OC(=O)C(C)C)C(C)OC1=O. The van der Waals surface area contributed by atoms with Gasteiger partial charge < -0.3 is 24.3 Å². The Balaban J connectivity index is 2.18. The molecular weight excluding hydrogens is 520 g/mol.